The smallest absolute Gasteiger partial charge is 0.236 e. The molecule has 0 aliphatic carbocycles. The minimum atomic E-state index is -0.600. The third kappa shape index (κ3) is 3.43. The first-order valence-corrected chi connectivity index (χ1v) is 8.63. The highest BCUT2D eigenvalue weighted by Gasteiger charge is 2.19. The zero-order valence-corrected chi connectivity index (χ0v) is 14.0. The molecule has 22 heavy (non-hydrogen) atoms. The molecule has 0 spiro atoms. The standard InChI is InChI=1S/C16H12ClNO2S2/c1-10(20-13-8-4-2-6-11(13)17)15(19)22-16-18-12-7-3-5-9-14(12)21-16/h2-10H,1H3. The highest BCUT2D eigenvalue weighted by molar-refractivity contribution is 8.15. The molecule has 6 heteroatoms. The molecule has 0 fully saturated rings. The fourth-order valence-corrected chi connectivity index (χ4v) is 3.93. The summed E-state index contributed by atoms with van der Waals surface area (Å²) in [6.45, 7) is 1.71. The maximum absolute atomic E-state index is 12.3. The molecule has 0 aliphatic rings. The summed E-state index contributed by atoms with van der Waals surface area (Å²) < 4.78 is 7.42. The van der Waals surface area contributed by atoms with E-state index in [0.717, 1.165) is 26.3 Å². The van der Waals surface area contributed by atoms with Gasteiger partial charge in [0.25, 0.3) is 0 Å². The van der Waals surface area contributed by atoms with Gasteiger partial charge in [-0.05, 0) is 43.0 Å². The molecule has 2 aromatic carbocycles. The highest BCUT2D eigenvalue weighted by Crippen LogP contribution is 2.31. The van der Waals surface area contributed by atoms with Crippen molar-refractivity contribution in [2.24, 2.45) is 0 Å². The van der Waals surface area contributed by atoms with Crippen LogP contribution in [0.15, 0.2) is 52.9 Å². The molecule has 3 nitrogen and oxygen atoms in total. The van der Waals surface area contributed by atoms with Gasteiger partial charge in [-0.2, -0.15) is 0 Å². The van der Waals surface area contributed by atoms with Crippen LogP contribution in [0.1, 0.15) is 6.92 Å². The van der Waals surface area contributed by atoms with Crippen molar-refractivity contribution in [1.29, 1.82) is 0 Å². The van der Waals surface area contributed by atoms with Gasteiger partial charge in [0.05, 0.1) is 15.2 Å². The van der Waals surface area contributed by atoms with Crippen molar-refractivity contribution in [2.75, 3.05) is 0 Å². The number of thiazole rings is 1. The Hall–Kier alpha value is -1.56. The molecular weight excluding hydrogens is 338 g/mol. The lowest BCUT2D eigenvalue weighted by atomic mass is 10.3. The minimum absolute atomic E-state index is 0.0982. The molecule has 0 amide bonds. The Morgan fingerprint density at radius 1 is 1.23 bits per heavy atom. The Morgan fingerprint density at radius 3 is 2.73 bits per heavy atom. The van der Waals surface area contributed by atoms with Crippen LogP contribution < -0.4 is 4.74 Å². The number of carbonyl (C=O) groups is 1. The minimum Gasteiger partial charge on any atom is -0.480 e. The second kappa shape index (κ2) is 6.69. The number of para-hydroxylation sites is 2. The number of nitrogens with zero attached hydrogens (tertiary/aromatic N) is 1. The number of ether oxygens (including phenoxy) is 1. The average molecular weight is 350 g/mol. The van der Waals surface area contributed by atoms with Crippen molar-refractivity contribution in [1.82, 2.24) is 4.98 Å². The van der Waals surface area contributed by atoms with Crippen molar-refractivity contribution in [3.05, 3.63) is 53.6 Å². The van der Waals surface area contributed by atoms with E-state index < -0.39 is 6.10 Å². The number of thioether (sulfide) groups is 1. The van der Waals surface area contributed by atoms with Crippen molar-refractivity contribution in [3.8, 4) is 5.75 Å². The molecule has 1 heterocycles. The lowest BCUT2D eigenvalue weighted by Gasteiger charge is -2.13. The molecule has 3 rings (SSSR count). The first-order chi connectivity index (χ1) is 10.6. The molecular formula is C16H12ClNO2S2. The maximum atomic E-state index is 12.3. The number of hydrogen-bond donors (Lipinski definition) is 0. The number of halogens is 1. The molecule has 1 aromatic heterocycles. The Bertz CT molecular complexity index is 786. The van der Waals surface area contributed by atoms with Crippen LogP contribution in [0.25, 0.3) is 10.2 Å². The van der Waals surface area contributed by atoms with Gasteiger partial charge in [0.2, 0.25) is 5.12 Å². The summed E-state index contributed by atoms with van der Waals surface area (Å²) in [5.41, 5.74) is 0.905. The molecule has 1 unspecified atom stereocenters. The Labute approximate surface area is 141 Å². The van der Waals surface area contributed by atoms with E-state index in [4.69, 9.17) is 16.3 Å². The Balaban J connectivity index is 1.69. The van der Waals surface area contributed by atoms with Crippen molar-refractivity contribution >= 4 is 50.0 Å². The summed E-state index contributed by atoms with van der Waals surface area (Å²) in [5.74, 6) is 0.509. The second-order valence-corrected chi connectivity index (χ2v) is 7.25. The largest absolute Gasteiger partial charge is 0.480 e. The fraction of sp³-hybridized carbons (Fsp3) is 0.125. The Kier molecular flexibility index (Phi) is 4.66. The van der Waals surface area contributed by atoms with Gasteiger partial charge in [-0.1, -0.05) is 35.9 Å². The molecule has 3 aromatic rings. The van der Waals surface area contributed by atoms with E-state index in [1.807, 2.05) is 36.4 Å². The van der Waals surface area contributed by atoms with Gasteiger partial charge in [-0.25, -0.2) is 4.98 Å². The molecule has 0 N–H and O–H groups in total. The van der Waals surface area contributed by atoms with Gasteiger partial charge in [-0.3, -0.25) is 4.79 Å². The van der Waals surface area contributed by atoms with Gasteiger partial charge in [0.15, 0.2) is 10.4 Å². The predicted octanol–water partition coefficient (Wildman–Crippen LogP) is 5.04. The number of aromatic nitrogens is 1. The lowest BCUT2D eigenvalue weighted by Crippen LogP contribution is -2.21. The zero-order valence-electron chi connectivity index (χ0n) is 11.7. The summed E-state index contributed by atoms with van der Waals surface area (Å²) in [5, 5.41) is 0.395. The van der Waals surface area contributed by atoms with E-state index >= 15 is 0 Å². The summed E-state index contributed by atoms with van der Waals surface area (Å²) in [6.07, 6.45) is -0.600. The van der Waals surface area contributed by atoms with Crippen LogP contribution in [0.3, 0.4) is 0 Å². The molecule has 112 valence electrons. The van der Waals surface area contributed by atoms with E-state index in [-0.39, 0.29) is 5.12 Å². The molecule has 0 saturated heterocycles. The Morgan fingerprint density at radius 2 is 1.95 bits per heavy atom. The summed E-state index contributed by atoms with van der Waals surface area (Å²) in [6, 6.07) is 14.9. The highest BCUT2D eigenvalue weighted by atomic mass is 35.5. The molecule has 1 atom stereocenters. The zero-order chi connectivity index (χ0) is 15.5. The molecule has 0 saturated carbocycles. The fourth-order valence-electron chi connectivity index (χ4n) is 1.84. The molecule has 0 aliphatic heterocycles. The lowest BCUT2D eigenvalue weighted by molar-refractivity contribution is -0.116. The maximum Gasteiger partial charge on any atom is 0.236 e. The van der Waals surface area contributed by atoms with Gasteiger partial charge in [0, 0.05) is 0 Å². The topological polar surface area (TPSA) is 39.2 Å². The number of rotatable bonds is 4. The number of hydrogen-bond acceptors (Lipinski definition) is 5. The van der Waals surface area contributed by atoms with Crippen molar-refractivity contribution in [2.45, 2.75) is 17.4 Å². The third-order valence-corrected chi connectivity index (χ3v) is 5.38. The van der Waals surface area contributed by atoms with Gasteiger partial charge in [-0.15, -0.1) is 11.3 Å². The number of fused-ring (bicyclic) bond motifs is 1. The predicted molar refractivity (Wildman–Crippen MR) is 92.0 cm³/mol. The van der Waals surface area contributed by atoms with Crippen LogP contribution in [0, 0.1) is 0 Å². The van der Waals surface area contributed by atoms with E-state index in [9.17, 15) is 4.79 Å². The average Bonchev–Trinajstić information content (AvgIpc) is 2.91. The normalized spacial score (nSPS) is 12.3. The summed E-state index contributed by atoms with van der Waals surface area (Å²) in [4.78, 5) is 16.7. The van der Waals surface area contributed by atoms with Gasteiger partial charge < -0.3 is 4.74 Å². The summed E-state index contributed by atoms with van der Waals surface area (Å²) >= 11 is 8.64. The number of carbonyl (C=O) groups excluding carboxylic acids is 1. The van der Waals surface area contributed by atoms with Crippen LogP contribution in [-0.4, -0.2) is 16.2 Å². The van der Waals surface area contributed by atoms with Crippen molar-refractivity contribution in [3.63, 3.8) is 0 Å². The first kappa shape index (κ1) is 15.3. The van der Waals surface area contributed by atoms with E-state index in [0.29, 0.717) is 10.8 Å². The van der Waals surface area contributed by atoms with Crippen LogP contribution in [0.2, 0.25) is 5.02 Å². The second-order valence-electron chi connectivity index (χ2n) is 4.56. The van der Waals surface area contributed by atoms with Gasteiger partial charge in [0.1, 0.15) is 5.75 Å². The van der Waals surface area contributed by atoms with E-state index in [1.54, 1.807) is 19.1 Å². The van der Waals surface area contributed by atoms with E-state index in [1.165, 1.54) is 11.3 Å². The molecule has 0 bridgehead atoms. The SMILES string of the molecule is CC(Oc1ccccc1Cl)C(=O)Sc1nc2ccccc2s1. The van der Waals surface area contributed by atoms with Crippen LogP contribution in [0.5, 0.6) is 5.75 Å². The van der Waals surface area contributed by atoms with Crippen LogP contribution in [0.4, 0.5) is 0 Å². The summed E-state index contributed by atoms with van der Waals surface area (Å²) in [7, 11) is 0. The first-order valence-electron chi connectivity index (χ1n) is 6.62. The van der Waals surface area contributed by atoms with Crippen LogP contribution >= 0.6 is 34.7 Å². The quantitative estimate of drug-likeness (QED) is 0.619. The molecule has 0 radical (unpaired) electrons. The van der Waals surface area contributed by atoms with Crippen LogP contribution in [-0.2, 0) is 4.79 Å². The van der Waals surface area contributed by atoms with Gasteiger partial charge >= 0.3 is 0 Å². The monoisotopic (exact) mass is 349 g/mol. The number of benzene rings is 2. The van der Waals surface area contributed by atoms with E-state index in [2.05, 4.69) is 4.98 Å². The third-order valence-electron chi connectivity index (χ3n) is 2.93. The van der Waals surface area contributed by atoms with Crippen molar-refractivity contribution < 1.29 is 9.53 Å².